The molecule has 4 rings (SSSR count). The average molecular weight is 677 g/mol. The Morgan fingerprint density at radius 1 is 0.561 bits per heavy atom. The molecule has 0 saturated heterocycles. The fraction of sp³-hybridized carbons (Fsp3) is 0.389. The summed E-state index contributed by atoms with van der Waals surface area (Å²) in [6, 6.07) is 30.5. The van der Waals surface area contributed by atoms with Crippen molar-refractivity contribution >= 4 is 49.7 Å². The van der Waals surface area contributed by atoms with Crippen LogP contribution in [0.4, 0.5) is 17.1 Å². The van der Waals surface area contributed by atoms with Crippen LogP contribution in [-0.2, 0) is 0 Å². The molecule has 4 aromatic rings. The Morgan fingerprint density at radius 2 is 0.976 bits per heavy atom. The van der Waals surface area contributed by atoms with Gasteiger partial charge in [0.1, 0.15) is 0 Å². The van der Waals surface area contributed by atoms with Crippen LogP contribution >= 0.6 is 11.3 Å². The summed E-state index contributed by atoms with van der Waals surface area (Å²) in [4.78, 5) is 3.70. The first-order chi connectivity index (χ1) is 20.1. The summed E-state index contributed by atoms with van der Waals surface area (Å²) in [7, 11) is 3.41. The average Bonchev–Trinajstić information content (AvgIpc) is 3.53. The summed E-state index contributed by atoms with van der Waals surface area (Å²) in [5, 5.41) is 0. The first kappa shape index (κ1) is 31.5. The topological polar surface area (TPSA) is 21.7 Å². The van der Waals surface area contributed by atoms with E-state index < -0.39 is 18.4 Å². The van der Waals surface area contributed by atoms with Gasteiger partial charge in [0.25, 0.3) is 0 Å². The number of thiophene rings is 1. The zero-order chi connectivity index (χ0) is 29.1. The Hall–Kier alpha value is -2.44. The van der Waals surface area contributed by atoms with Crippen LogP contribution in [-0.4, -0.2) is 32.6 Å². The molecule has 0 bridgehead atoms. The molecule has 0 amide bonds. The number of anilines is 3. The van der Waals surface area contributed by atoms with Crippen molar-refractivity contribution in [2.45, 2.75) is 72.6 Å². The maximum atomic E-state index is 5.42. The Balaban J connectivity index is 1.66. The molecule has 0 aliphatic heterocycles. The van der Waals surface area contributed by atoms with E-state index in [-0.39, 0.29) is 0 Å². The molecule has 0 aliphatic rings. The van der Waals surface area contributed by atoms with Crippen LogP contribution in [0.2, 0.25) is 13.3 Å². The third-order valence-corrected chi connectivity index (χ3v) is 27.6. The number of methoxy groups -OCH3 is 2. The molecule has 0 radical (unpaired) electrons. The number of unbranched alkanes of at least 4 members (excludes halogenated alkanes) is 3. The van der Waals surface area contributed by atoms with Gasteiger partial charge in [0, 0.05) is 0 Å². The van der Waals surface area contributed by atoms with Crippen molar-refractivity contribution < 1.29 is 9.47 Å². The number of rotatable bonds is 16. The van der Waals surface area contributed by atoms with Gasteiger partial charge in [0.2, 0.25) is 0 Å². The van der Waals surface area contributed by atoms with E-state index >= 15 is 0 Å². The quantitative estimate of drug-likeness (QED) is 0.110. The molecule has 0 spiro atoms. The monoisotopic (exact) mass is 677 g/mol. The first-order valence-corrected chi connectivity index (χ1v) is 23.7. The molecule has 5 heteroatoms. The van der Waals surface area contributed by atoms with Gasteiger partial charge in [0.15, 0.2) is 0 Å². The Bertz CT molecular complexity index is 1250. The minimum atomic E-state index is -2.42. The second kappa shape index (κ2) is 15.7. The summed E-state index contributed by atoms with van der Waals surface area (Å²) < 4.78 is 17.2. The molecule has 1 heterocycles. The van der Waals surface area contributed by atoms with Crippen molar-refractivity contribution in [3.63, 3.8) is 0 Å². The molecule has 41 heavy (non-hydrogen) atoms. The number of hydrogen-bond acceptors (Lipinski definition) is 4. The van der Waals surface area contributed by atoms with Crippen molar-refractivity contribution in [3.8, 4) is 21.9 Å². The van der Waals surface area contributed by atoms with Gasteiger partial charge in [-0.3, -0.25) is 0 Å². The molecule has 1 aromatic heterocycles. The summed E-state index contributed by atoms with van der Waals surface area (Å²) >= 11 is -0.307. The van der Waals surface area contributed by atoms with E-state index in [0.29, 0.717) is 0 Å². The Kier molecular flexibility index (Phi) is 12.1. The van der Waals surface area contributed by atoms with E-state index in [1.807, 2.05) is 24.3 Å². The van der Waals surface area contributed by atoms with E-state index in [4.69, 9.17) is 9.47 Å². The molecule has 3 aromatic carbocycles. The first-order valence-electron chi connectivity index (χ1n) is 15.4. The summed E-state index contributed by atoms with van der Waals surface area (Å²) in [6.07, 6.45) is 8.15. The van der Waals surface area contributed by atoms with Crippen LogP contribution in [0.3, 0.4) is 0 Å². The van der Waals surface area contributed by atoms with Crippen molar-refractivity contribution in [1.29, 1.82) is 0 Å². The van der Waals surface area contributed by atoms with Crippen LogP contribution in [0.25, 0.3) is 10.4 Å². The number of nitrogens with zero attached hydrogens (tertiary/aromatic N) is 1. The Labute approximate surface area is 256 Å². The van der Waals surface area contributed by atoms with Gasteiger partial charge >= 0.3 is 234 Å². The third kappa shape index (κ3) is 7.89. The van der Waals surface area contributed by atoms with Crippen LogP contribution in [0.15, 0.2) is 84.9 Å². The normalized spacial score (nSPS) is 11.4. The zero-order valence-electron chi connectivity index (χ0n) is 25.6. The molecule has 0 N–H and O–H groups in total. The van der Waals surface area contributed by atoms with Crippen LogP contribution in [0.1, 0.15) is 59.3 Å². The molecule has 0 atom stereocenters. The zero-order valence-corrected chi connectivity index (χ0v) is 29.3. The minimum absolute atomic E-state index is 0.852. The van der Waals surface area contributed by atoms with E-state index in [2.05, 4.69) is 97.7 Å². The predicted octanol–water partition coefficient (Wildman–Crippen LogP) is 11.0. The predicted molar refractivity (Wildman–Crippen MR) is 182 cm³/mol. The fourth-order valence-electron chi connectivity index (χ4n) is 5.75. The molecule has 0 saturated carbocycles. The van der Waals surface area contributed by atoms with Gasteiger partial charge in [-0.15, -0.1) is 0 Å². The molecule has 0 unspecified atom stereocenters. The van der Waals surface area contributed by atoms with Crippen molar-refractivity contribution in [2.24, 2.45) is 0 Å². The van der Waals surface area contributed by atoms with Gasteiger partial charge in [-0.25, -0.2) is 0 Å². The van der Waals surface area contributed by atoms with Crippen LogP contribution < -0.4 is 17.3 Å². The van der Waals surface area contributed by atoms with Gasteiger partial charge < -0.3 is 9.47 Å². The van der Waals surface area contributed by atoms with Gasteiger partial charge in [-0.05, 0) is 0 Å². The van der Waals surface area contributed by atoms with Crippen molar-refractivity contribution in [1.82, 2.24) is 0 Å². The number of hydrogen-bond donors (Lipinski definition) is 0. The maximum absolute atomic E-state index is 5.42. The van der Waals surface area contributed by atoms with Crippen molar-refractivity contribution in [2.75, 3.05) is 19.1 Å². The molecular weight excluding hydrogens is 629 g/mol. The van der Waals surface area contributed by atoms with E-state index in [0.717, 1.165) is 28.6 Å². The van der Waals surface area contributed by atoms with Gasteiger partial charge in [-0.1, -0.05) is 0 Å². The van der Waals surface area contributed by atoms with Gasteiger partial charge in [-0.2, -0.15) is 0 Å². The van der Waals surface area contributed by atoms with Crippen LogP contribution in [0.5, 0.6) is 11.5 Å². The number of benzene rings is 3. The molecule has 0 fully saturated rings. The number of ether oxygens (including phenoxy) is 2. The van der Waals surface area contributed by atoms with Crippen molar-refractivity contribution in [3.05, 3.63) is 84.9 Å². The SMILES string of the molecule is CCC[CH2][Sn]([CH2]CCC)([CH2]CCC)[c]1ccc(-c2ccc(N(c3ccc(OC)cc3)c3ccc(OC)cc3)cc2)s1. The second-order valence-corrected chi connectivity index (χ2v) is 26.3. The van der Waals surface area contributed by atoms with E-state index in [9.17, 15) is 0 Å². The standard InChI is InChI=1S/C24H20NO2S.3C4H9.Sn/c1-26-22-13-9-20(10-14-22)25(21-11-15-23(27-2)16-12-21)19-7-5-18(6-8-19)24-4-3-17-28-24;3*1-3-4-2;/h3-16H,1-2H3;3*1,3-4H2,2H3;. The van der Waals surface area contributed by atoms with E-state index in [1.165, 1.54) is 62.3 Å². The summed E-state index contributed by atoms with van der Waals surface area (Å²) in [5.74, 6) is 1.70. The van der Waals surface area contributed by atoms with E-state index in [1.54, 1.807) is 17.1 Å². The fourth-order valence-corrected chi connectivity index (χ4v) is 25.9. The molecular formula is C36H47NO2SSn. The summed E-state index contributed by atoms with van der Waals surface area (Å²) in [5.41, 5.74) is 4.62. The third-order valence-electron chi connectivity index (χ3n) is 8.23. The second-order valence-electron chi connectivity index (χ2n) is 11.0. The molecule has 218 valence electrons. The van der Waals surface area contributed by atoms with Gasteiger partial charge in [0.05, 0.1) is 14.2 Å². The Morgan fingerprint density at radius 3 is 1.37 bits per heavy atom. The summed E-state index contributed by atoms with van der Waals surface area (Å²) in [6.45, 7) is 7.08. The molecule has 3 nitrogen and oxygen atoms in total. The van der Waals surface area contributed by atoms with Crippen LogP contribution in [0, 0.1) is 0 Å². The molecule has 0 aliphatic carbocycles.